The Labute approximate surface area is 117 Å². The van der Waals surface area contributed by atoms with Gasteiger partial charge in [0.25, 0.3) is 0 Å². The number of benzene rings is 1. The lowest BCUT2D eigenvalue weighted by Crippen LogP contribution is -2.06. The number of carbonyl (C=O) groups is 1. The quantitative estimate of drug-likeness (QED) is 0.582. The molecule has 0 aliphatic heterocycles. The first-order valence-corrected chi connectivity index (χ1v) is 6.80. The number of nitriles is 1. The van der Waals surface area contributed by atoms with Gasteiger partial charge in [0.15, 0.2) is 5.78 Å². The maximum absolute atomic E-state index is 11.7. The topological polar surface area (TPSA) is 40.9 Å². The average Bonchev–Trinajstić information content (AvgIpc) is 2.44. The molecule has 2 heteroatoms. The van der Waals surface area contributed by atoms with Crippen molar-refractivity contribution in [2.45, 2.75) is 48.0 Å². The molecule has 0 spiro atoms. The van der Waals surface area contributed by atoms with Crippen LogP contribution in [0.4, 0.5) is 0 Å². The molecule has 1 rings (SSSR count). The third kappa shape index (κ3) is 7.94. The van der Waals surface area contributed by atoms with E-state index in [1.807, 2.05) is 64.1 Å². The van der Waals surface area contributed by atoms with Crippen molar-refractivity contribution < 1.29 is 4.79 Å². The smallest absolute Gasteiger partial charge is 0.177 e. The Bertz CT molecular complexity index is 420. The summed E-state index contributed by atoms with van der Waals surface area (Å²) >= 11 is 0. The summed E-state index contributed by atoms with van der Waals surface area (Å²) in [4.78, 5) is 11.7. The van der Waals surface area contributed by atoms with Crippen molar-refractivity contribution in [3.8, 4) is 6.07 Å². The Morgan fingerprint density at radius 3 is 1.89 bits per heavy atom. The van der Waals surface area contributed by atoms with Gasteiger partial charge in [-0.1, -0.05) is 63.6 Å². The predicted octanol–water partition coefficient (Wildman–Crippen LogP) is 4.71. The summed E-state index contributed by atoms with van der Waals surface area (Å²) in [6.45, 7) is 11.6. The van der Waals surface area contributed by atoms with E-state index in [4.69, 9.17) is 5.26 Å². The Kier molecular flexibility index (Phi) is 12.9. The Hall–Kier alpha value is -1.88. The van der Waals surface area contributed by atoms with Gasteiger partial charge in [0.05, 0.1) is 5.57 Å². The van der Waals surface area contributed by atoms with Crippen LogP contribution >= 0.6 is 0 Å². The molecule has 2 nitrogen and oxygen atoms in total. The number of nitrogens with zero attached hydrogens (tertiary/aromatic N) is 1. The summed E-state index contributed by atoms with van der Waals surface area (Å²) in [6.07, 6.45) is 0.301. The summed E-state index contributed by atoms with van der Waals surface area (Å²) in [5, 5.41) is 8.82. The molecule has 1 aromatic carbocycles. The average molecular weight is 259 g/mol. The minimum absolute atomic E-state index is 0.108. The predicted molar refractivity (Wildman–Crippen MR) is 81.8 cm³/mol. The third-order valence-corrected chi connectivity index (χ3v) is 2.10. The number of hydrogen-bond donors (Lipinski definition) is 0. The van der Waals surface area contributed by atoms with E-state index in [0.717, 1.165) is 11.1 Å². The summed E-state index contributed by atoms with van der Waals surface area (Å²) in [6, 6.07) is 11.4. The fourth-order valence-electron chi connectivity index (χ4n) is 1.32. The Morgan fingerprint density at radius 1 is 1.05 bits per heavy atom. The van der Waals surface area contributed by atoms with Gasteiger partial charge in [0, 0.05) is 6.42 Å². The number of allylic oxidation sites excluding steroid dienone is 2. The monoisotopic (exact) mass is 259 g/mol. The Balaban J connectivity index is 0. The maximum Gasteiger partial charge on any atom is 0.177 e. The normalized spacial score (nSPS) is 7.84. The van der Waals surface area contributed by atoms with Crippen LogP contribution in [-0.2, 0) is 11.2 Å². The Morgan fingerprint density at radius 2 is 1.53 bits per heavy atom. The first kappa shape index (κ1) is 19.5. The van der Waals surface area contributed by atoms with Gasteiger partial charge in [0.1, 0.15) is 6.07 Å². The molecule has 1 aromatic rings. The van der Waals surface area contributed by atoms with E-state index in [-0.39, 0.29) is 11.4 Å². The lowest BCUT2D eigenvalue weighted by molar-refractivity contribution is -0.114. The maximum atomic E-state index is 11.7. The molecule has 0 atom stereocenters. The lowest BCUT2D eigenvalue weighted by atomic mass is 10.0. The van der Waals surface area contributed by atoms with E-state index < -0.39 is 0 Å². The molecule has 0 fully saturated rings. The summed E-state index contributed by atoms with van der Waals surface area (Å²) < 4.78 is 0. The van der Waals surface area contributed by atoms with Gasteiger partial charge >= 0.3 is 0 Å². The first-order valence-electron chi connectivity index (χ1n) is 6.80. The van der Waals surface area contributed by atoms with Crippen molar-refractivity contribution in [2.75, 3.05) is 0 Å². The number of rotatable bonds is 3. The highest BCUT2D eigenvalue weighted by atomic mass is 16.1. The SMILES string of the molecule is CC.CC.CC(C)=C(C#N)C(=O)Cc1ccccc1. The number of Topliss-reactive ketones (excluding diaryl/α,β-unsaturated/α-hetero) is 1. The molecule has 0 aliphatic rings. The van der Waals surface area contributed by atoms with Crippen LogP contribution in [0.15, 0.2) is 41.5 Å². The van der Waals surface area contributed by atoms with Gasteiger partial charge in [-0.05, 0) is 19.4 Å². The minimum Gasteiger partial charge on any atom is -0.293 e. The van der Waals surface area contributed by atoms with Crippen LogP contribution in [0.1, 0.15) is 47.1 Å². The van der Waals surface area contributed by atoms with Gasteiger partial charge < -0.3 is 0 Å². The molecule has 0 N–H and O–H groups in total. The fraction of sp³-hybridized carbons (Fsp3) is 0.412. The highest BCUT2D eigenvalue weighted by molar-refractivity contribution is 6.00. The molecule has 0 aliphatic carbocycles. The largest absolute Gasteiger partial charge is 0.293 e. The van der Waals surface area contributed by atoms with Gasteiger partial charge in [0.2, 0.25) is 0 Å². The highest BCUT2D eigenvalue weighted by Crippen LogP contribution is 2.08. The molecule has 19 heavy (non-hydrogen) atoms. The molecule has 0 radical (unpaired) electrons. The number of ketones is 1. The van der Waals surface area contributed by atoms with Crippen LogP contribution in [-0.4, -0.2) is 5.78 Å². The standard InChI is InChI=1S/C13H13NO.2C2H6/c1-10(2)12(9-14)13(15)8-11-6-4-3-5-7-11;2*1-2/h3-7H,8H2,1-2H3;2*1-2H3. The number of carbonyl (C=O) groups excluding carboxylic acids is 1. The van der Waals surface area contributed by atoms with E-state index in [1.165, 1.54) is 0 Å². The van der Waals surface area contributed by atoms with E-state index in [0.29, 0.717) is 6.42 Å². The fourth-order valence-corrected chi connectivity index (χ4v) is 1.32. The first-order chi connectivity index (χ1) is 9.15. The molecule has 0 unspecified atom stereocenters. The molecule has 0 saturated carbocycles. The molecule has 0 aromatic heterocycles. The van der Waals surface area contributed by atoms with Gasteiger partial charge in [-0.3, -0.25) is 4.79 Å². The molecular formula is C17H25NO. The molecule has 104 valence electrons. The molecule has 0 amide bonds. The van der Waals surface area contributed by atoms with Crippen molar-refractivity contribution in [1.29, 1.82) is 5.26 Å². The molecule has 0 bridgehead atoms. The van der Waals surface area contributed by atoms with Gasteiger partial charge in [-0.15, -0.1) is 0 Å². The summed E-state index contributed by atoms with van der Waals surface area (Å²) in [5.74, 6) is -0.108. The second-order valence-corrected chi connectivity index (χ2v) is 3.57. The van der Waals surface area contributed by atoms with Crippen LogP contribution in [0.2, 0.25) is 0 Å². The van der Waals surface area contributed by atoms with Crippen LogP contribution in [0, 0.1) is 11.3 Å². The van der Waals surface area contributed by atoms with Gasteiger partial charge in [-0.2, -0.15) is 5.26 Å². The van der Waals surface area contributed by atoms with Crippen LogP contribution in [0.5, 0.6) is 0 Å². The zero-order chi connectivity index (χ0) is 15.3. The summed E-state index contributed by atoms with van der Waals surface area (Å²) in [5.41, 5.74) is 1.99. The van der Waals surface area contributed by atoms with Crippen molar-refractivity contribution in [2.24, 2.45) is 0 Å². The van der Waals surface area contributed by atoms with E-state index in [9.17, 15) is 4.79 Å². The van der Waals surface area contributed by atoms with Crippen molar-refractivity contribution in [1.82, 2.24) is 0 Å². The van der Waals surface area contributed by atoms with Crippen LogP contribution < -0.4 is 0 Å². The summed E-state index contributed by atoms with van der Waals surface area (Å²) in [7, 11) is 0. The zero-order valence-electron chi connectivity index (χ0n) is 12.9. The zero-order valence-corrected chi connectivity index (χ0v) is 12.9. The van der Waals surface area contributed by atoms with E-state index in [2.05, 4.69) is 0 Å². The van der Waals surface area contributed by atoms with E-state index in [1.54, 1.807) is 13.8 Å². The van der Waals surface area contributed by atoms with E-state index >= 15 is 0 Å². The highest BCUT2D eigenvalue weighted by Gasteiger charge is 2.10. The lowest BCUT2D eigenvalue weighted by Gasteiger charge is -2.01. The molecule has 0 heterocycles. The molecular weight excluding hydrogens is 234 g/mol. The van der Waals surface area contributed by atoms with Crippen LogP contribution in [0.25, 0.3) is 0 Å². The molecule has 0 saturated heterocycles. The van der Waals surface area contributed by atoms with Crippen molar-refractivity contribution >= 4 is 5.78 Å². The van der Waals surface area contributed by atoms with Gasteiger partial charge in [-0.25, -0.2) is 0 Å². The third-order valence-electron chi connectivity index (χ3n) is 2.10. The van der Waals surface area contributed by atoms with Crippen molar-refractivity contribution in [3.63, 3.8) is 0 Å². The second-order valence-electron chi connectivity index (χ2n) is 3.57. The minimum atomic E-state index is -0.108. The second kappa shape index (κ2) is 12.6. The number of hydrogen-bond acceptors (Lipinski definition) is 2. The van der Waals surface area contributed by atoms with Crippen molar-refractivity contribution in [3.05, 3.63) is 47.0 Å². The van der Waals surface area contributed by atoms with Crippen LogP contribution in [0.3, 0.4) is 0 Å².